The summed E-state index contributed by atoms with van der Waals surface area (Å²) < 4.78 is 0. The van der Waals surface area contributed by atoms with E-state index in [1.54, 1.807) is 0 Å². The molecule has 0 radical (unpaired) electrons. The van der Waals surface area contributed by atoms with E-state index in [4.69, 9.17) is 0 Å². The molecule has 0 aliphatic heterocycles. The molecule has 1 rings (SSSR count). The van der Waals surface area contributed by atoms with Crippen molar-refractivity contribution in [2.75, 3.05) is 39.8 Å². The van der Waals surface area contributed by atoms with Crippen LogP contribution in [0.2, 0.25) is 0 Å². The molecule has 1 saturated carbocycles. The van der Waals surface area contributed by atoms with Crippen LogP contribution < -0.4 is 31.9 Å². The Balaban J connectivity index is 2.48. The number of ketones is 1. The Morgan fingerprint density at radius 3 is 1.95 bits per heavy atom. The minimum atomic E-state index is -0.939. The van der Waals surface area contributed by atoms with E-state index < -0.39 is 42.3 Å². The Kier molecular flexibility index (Phi) is 17.6. The van der Waals surface area contributed by atoms with Crippen LogP contribution in [0.4, 0.5) is 0 Å². The van der Waals surface area contributed by atoms with Gasteiger partial charge in [-0.3, -0.25) is 28.8 Å². The maximum Gasteiger partial charge on any atom is 0.242 e. The van der Waals surface area contributed by atoms with Gasteiger partial charge in [0.05, 0.1) is 19.6 Å². The smallest absolute Gasteiger partial charge is 0.242 e. The summed E-state index contributed by atoms with van der Waals surface area (Å²) in [6.45, 7) is 10.2. The molecule has 13 nitrogen and oxygen atoms in total. The highest BCUT2D eigenvalue weighted by Crippen LogP contribution is 2.24. The van der Waals surface area contributed by atoms with Crippen LogP contribution in [0.3, 0.4) is 0 Å². The largest absolute Gasteiger partial charge is 0.347 e. The van der Waals surface area contributed by atoms with Crippen molar-refractivity contribution in [3.63, 3.8) is 0 Å². The number of amides is 5. The van der Waals surface area contributed by atoms with E-state index in [-0.39, 0.29) is 30.7 Å². The fourth-order valence-corrected chi connectivity index (χ4v) is 4.93. The highest BCUT2D eigenvalue weighted by Gasteiger charge is 2.26. The molecule has 0 heterocycles. The number of carbonyl (C=O) groups is 6. The van der Waals surface area contributed by atoms with Gasteiger partial charge in [-0.2, -0.15) is 0 Å². The number of unbranched alkanes of at least 4 members (excludes halogenated alkanes) is 1. The van der Waals surface area contributed by atoms with Crippen molar-refractivity contribution in [1.29, 1.82) is 0 Å². The molecule has 0 bridgehead atoms. The van der Waals surface area contributed by atoms with E-state index in [0.717, 1.165) is 45.2 Å². The quantitative estimate of drug-likeness (QED) is 0.109. The number of carbonyl (C=O) groups excluding carboxylic acids is 6. The standard InChI is InChI=1S/C29H53N7O6/c1-7-36(19(2)3)15-9-8-10-24(29(42)31-16-20(4)37)35-26(39)18-32-27(40)21(5)34-25(38)17-33-28(41)22-11-13-23(30-6)14-12-22/h19,21-24,30H,7-18H2,1-6H3,(H,31,42)(H,32,40)(H,33,41)(H,34,38)(H,35,39)/t21-,22?,23?,24-/m0/s1. The molecule has 13 heteroatoms. The summed E-state index contributed by atoms with van der Waals surface area (Å²) >= 11 is 0. The van der Waals surface area contributed by atoms with Gasteiger partial charge in [0.2, 0.25) is 29.5 Å². The maximum absolute atomic E-state index is 12.6. The summed E-state index contributed by atoms with van der Waals surface area (Å²) in [5.41, 5.74) is 0. The van der Waals surface area contributed by atoms with Gasteiger partial charge in [0.1, 0.15) is 17.9 Å². The summed E-state index contributed by atoms with van der Waals surface area (Å²) in [6, 6.07) is -0.963. The molecule has 0 aromatic carbocycles. The van der Waals surface area contributed by atoms with Crippen LogP contribution in [0.15, 0.2) is 0 Å². The molecule has 0 unspecified atom stereocenters. The first kappa shape index (κ1) is 37.0. The third-order valence-corrected chi connectivity index (χ3v) is 7.61. The minimum absolute atomic E-state index is 0.124. The van der Waals surface area contributed by atoms with Crippen molar-refractivity contribution in [2.45, 2.75) is 104 Å². The number of nitrogens with one attached hydrogen (secondary N) is 6. The summed E-state index contributed by atoms with van der Waals surface area (Å²) in [5, 5.41) is 16.0. The average Bonchev–Trinajstić information content (AvgIpc) is 2.96. The first-order valence-electron chi connectivity index (χ1n) is 15.2. The zero-order valence-corrected chi connectivity index (χ0v) is 26.3. The molecule has 1 aliphatic rings. The SMILES string of the molecule is CCN(CCCC[C@H](NC(=O)CNC(=O)[C@H](C)NC(=O)CNC(=O)C1CCC(NC)CC1)C(=O)NCC(C)=O)C(C)C. The van der Waals surface area contributed by atoms with Crippen LogP contribution in [0.25, 0.3) is 0 Å². The molecule has 42 heavy (non-hydrogen) atoms. The van der Waals surface area contributed by atoms with Gasteiger partial charge in [-0.1, -0.05) is 6.92 Å². The van der Waals surface area contributed by atoms with E-state index in [0.29, 0.717) is 24.9 Å². The van der Waals surface area contributed by atoms with Gasteiger partial charge in [-0.05, 0) is 92.8 Å². The van der Waals surface area contributed by atoms with Gasteiger partial charge in [-0.25, -0.2) is 0 Å². The monoisotopic (exact) mass is 595 g/mol. The second kappa shape index (κ2) is 20.0. The second-order valence-electron chi connectivity index (χ2n) is 11.3. The van der Waals surface area contributed by atoms with E-state index >= 15 is 0 Å². The van der Waals surface area contributed by atoms with Crippen molar-refractivity contribution in [3.05, 3.63) is 0 Å². The number of nitrogens with zero attached hydrogens (tertiary/aromatic N) is 1. The number of hydrogen-bond donors (Lipinski definition) is 6. The Morgan fingerprint density at radius 1 is 0.786 bits per heavy atom. The molecule has 5 amide bonds. The van der Waals surface area contributed by atoms with E-state index in [1.807, 2.05) is 7.05 Å². The lowest BCUT2D eigenvalue weighted by molar-refractivity contribution is -0.132. The molecule has 0 saturated heterocycles. The van der Waals surface area contributed by atoms with Crippen molar-refractivity contribution < 1.29 is 28.8 Å². The number of Topliss-reactive ketones (excluding diaryl/α,β-unsaturated/α-hetero) is 1. The van der Waals surface area contributed by atoms with E-state index in [9.17, 15) is 28.8 Å². The van der Waals surface area contributed by atoms with Crippen molar-refractivity contribution >= 4 is 35.3 Å². The Morgan fingerprint density at radius 2 is 1.38 bits per heavy atom. The highest BCUT2D eigenvalue weighted by atomic mass is 16.2. The lowest BCUT2D eigenvalue weighted by Crippen LogP contribution is -2.52. The first-order valence-corrected chi connectivity index (χ1v) is 15.2. The molecule has 1 aliphatic carbocycles. The lowest BCUT2D eigenvalue weighted by atomic mass is 9.85. The number of rotatable bonds is 19. The average molecular weight is 596 g/mol. The second-order valence-corrected chi connectivity index (χ2v) is 11.3. The van der Waals surface area contributed by atoms with Crippen molar-refractivity contribution in [3.8, 4) is 0 Å². The fraction of sp³-hybridized carbons (Fsp3) is 0.793. The van der Waals surface area contributed by atoms with Crippen LogP contribution in [-0.2, 0) is 28.8 Å². The van der Waals surface area contributed by atoms with Crippen LogP contribution >= 0.6 is 0 Å². The van der Waals surface area contributed by atoms with E-state index in [2.05, 4.69) is 57.6 Å². The lowest BCUT2D eigenvalue weighted by Gasteiger charge is -2.27. The maximum atomic E-state index is 12.6. The zero-order valence-electron chi connectivity index (χ0n) is 26.3. The van der Waals surface area contributed by atoms with Crippen LogP contribution in [-0.4, -0.2) is 104 Å². The molecule has 0 spiro atoms. The molecular weight excluding hydrogens is 542 g/mol. The Bertz CT molecular complexity index is 905. The van der Waals surface area contributed by atoms with Gasteiger partial charge < -0.3 is 36.8 Å². The summed E-state index contributed by atoms with van der Waals surface area (Å²) in [5.74, 6) is -2.62. The van der Waals surface area contributed by atoms with Crippen LogP contribution in [0.1, 0.15) is 79.6 Å². The highest BCUT2D eigenvalue weighted by molar-refractivity contribution is 5.94. The topological polar surface area (TPSA) is 178 Å². The molecule has 240 valence electrons. The third-order valence-electron chi connectivity index (χ3n) is 7.61. The van der Waals surface area contributed by atoms with Crippen LogP contribution in [0, 0.1) is 5.92 Å². The summed E-state index contributed by atoms with van der Waals surface area (Å²) in [7, 11) is 1.91. The predicted molar refractivity (Wildman–Crippen MR) is 160 cm³/mol. The number of hydrogen-bond acceptors (Lipinski definition) is 8. The molecular formula is C29H53N7O6. The molecule has 0 aromatic heterocycles. The van der Waals surface area contributed by atoms with Crippen molar-refractivity contribution in [2.24, 2.45) is 5.92 Å². The predicted octanol–water partition coefficient (Wildman–Crippen LogP) is -0.408. The van der Waals surface area contributed by atoms with Crippen molar-refractivity contribution in [1.82, 2.24) is 36.8 Å². The molecule has 1 fully saturated rings. The molecule has 2 atom stereocenters. The van der Waals surface area contributed by atoms with Gasteiger partial charge in [0, 0.05) is 18.0 Å². The Labute approximate surface area is 250 Å². The van der Waals surface area contributed by atoms with Crippen LogP contribution in [0.5, 0.6) is 0 Å². The van der Waals surface area contributed by atoms with Gasteiger partial charge in [0.25, 0.3) is 0 Å². The van der Waals surface area contributed by atoms with Gasteiger partial charge in [-0.15, -0.1) is 0 Å². The van der Waals surface area contributed by atoms with Gasteiger partial charge in [0.15, 0.2) is 0 Å². The molecule has 6 N–H and O–H groups in total. The Hall–Kier alpha value is -3.06. The fourth-order valence-electron chi connectivity index (χ4n) is 4.93. The minimum Gasteiger partial charge on any atom is -0.347 e. The molecule has 0 aromatic rings. The zero-order chi connectivity index (χ0) is 31.7. The van der Waals surface area contributed by atoms with E-state index in [1.165, 1.54) is 13.8 Å². The summed E-state index contributed by atoms with van der Waals surface area (Å²) in [6.07, 6.45) is 5.24. The van der Waals surface area contributed by atoms with Gasteiger partial charge >= 0.3 is 0 Å². The normalized spacial score (nSPS) is 18.1. The first-order chi connectivity index (χ1) is 19.9. The third kappa shape index (κ3) is 14.7. The summed E-state index contributed by atoms with van der Waals surface area (Å²) in [4.78, 5) is 75.9.